The van der Waals surface area contributed by atoms with Crippen LogP contribution in [-0.4, -0.2) is 25.6 Å². The zero-order chi connectivity index (χ0) is 14.4. The summed E-state index contributed by atoms with van der Waals surface area (Å²) in [6.45, 7) is 6.42. The number of ether oxygens (including phenoxy) is 1. The van der Waals surface area contributed by atoms with Crippen LogP contribution in [0.15, 0.2) is 12.1 Å². The van der Waals surface area contributed by atoms with Crippen LogP contribution in [-0.2, 0) is 11.2 Å². The predicted octanol–water partition coefficient (Wildman–Crippen LogP) is 1.71. The van der Waals surface area contributed by atoms with Crippen molar-refractivity contribution in [3.05, 3.63) is 28.8 Å². The summed E-state index contributed by atoms with van der Waals surface area (Å²) in [7, 11) is 1.67. The van der Waals surface area contributed by atoms with E-state index in [9.17, 15) is 4.79 Å². The minimum Gasteiger partial charge on any atom is -0.496 e. The normalized spacial score (nSPS) is 12.1. The Morgan fingerprint density at radius 3 is 2.63 bits per heavy atom. The number of methoxy groups -OCH3 is 1. The molecule has 0 aliphatic carbocycles. The van der Waals surface area contributed by atoms with E-state index in [4.69, 9.17) is 10.5 Å². The van der Waals surface area contributed by atoms with Crippen LogP contribution in [0.25, 0.3) is 0 Å². The van der Waals surface area contributed by atoms with Crippen molar-refractivity contribution in [1.82, 2.24) is 5.32 Å². The number of amides is 1. The van der Waals surface area contributed by atoms with Gasteiger partial charge in [0.15, 0.2) is 0 Å². The minimum absolute atomic E-state index is 0.0335. The molecule has 4 nitrogen and oxygen atoms in total. The topological polar surface area (TPSA) is 64.3 Å². The second kappa shape index (κ2) is 7.14. The Balaban J connectivity index is 2.63. The zero-order valence-electron chi connectivity index (χ0n) is 12.2. The van der Waals surface area contributed by atoms with Crippen LogP contribution >= 0.6 is 0 Å². The molecule has 4 heteroatoms. The summed E-state index contributed by atoms with van der Waals surface area (Å²) in [5.41, 5.74) is 8.91. The van der Waals surface area contributed by atoms with Gasteiger partial charge >= 0.3 is 0 Å². The Morgan fingerprint density at radius 1 is 1.37 bits per heavy atom. The molecule has 0 bridgehead atoms. The minimum atomic E-state index is 0.0335. The Hall–Kier alpha value is -1.55. The molecule has 19 heavy (non-hydrogen) atoms. The third-order valence-electron chi connectivity index (χ3n) is 3.24. The second-order valence-electron chi connectivity index (χ2n) is 4.95. The SMILES string of the molecule is COc1cc(C)c(CCC(=O)NC(C)CN)cc1C. The van der Waals surface area contributed by atoms with E-state index in [1.54, 1.807) is 7.11 Å². The van der Waals surface area contributed by atoms with Crippen LogP contribution in [0.3, 0.4) is 0 Å². The number of hydrogen-bond acceptors (Lipinski definition) is 3. The van der Waals surface area contributed by atoms with Crippen LogP contribution in [0.2, 0.25) is 0 Å². The molecule has 106 valence electrons. The first-order valence-corrected chi connectivity index (χ1v) is 6.61. The lowest BCUT2D eigenvalue weighted by Gasteiger charge is -2.13. The van der Waals surface area contributed by atoms with E-state index in [-0.39, 0.29) is 11.9 Å². The molecule has 0 saturated carbocycles. The lowest BCUT2D eigenvalue weighted by atomic mass is 10.0. The van der Waals surface area contributed by atoms with Gasteiger partial charge in [0.2, 0.25) is 5.91 Å². The molecule has 0 heterocycles. The van der Waals surface area contributed by atoms with Crippen molar-refractivity contribution in [3.8, 4) is 5.75 Å². The summed E-state index contributed by atoms with van der Waals surface area (Å²) in [5.74, 6) is 0.938. The smallest absolute Gasteiger partial charge is 0.220 e. The summed E-state index contributed by atoms with van der Waals surface area (Å²) in [6.07, 6.45) is 1.22. The first kappa shape index (κ1) is 15.5. The molecule has 0 radical (unpaired) electrons. The van der Waals surface area contributed by atoms with Gasteiger partial charge in [-0.15, -0.1) is 0 Å². The van der Waals surface area contributed by atoms with E-state index in [0.29, 0.717) is 13.0 Å². The lowest BCUT2D eigenvalue weighted by molar-refractivity contribution is -0.121. The predicted molar refractivity (Wildman–Crippen MR) is 77.4 cm³/mol. The van der Waals surface area contributed by atoms with E-state index in [0.717, 1.165) is 23.3 Å². The quantitative estimate of drug-likeness (QED) is 0.822. The standard InChI is InChI=1S/C15H24N2O2/c1-10-8-14(19-4)11(2)7-13(10)5-6-15(18)17-12(3)9-16/h7-8,12H,5-6,9,16H2,1-4H3,(H,17,18). The monoisotopic (exact) mass is 264 g/mol. The van der Waals surface area contributed by atoms with Gasteiger partial charge in [-0.3, -0.25) is 4.79 Å². The molecule has 0 aromatic heterocycles. The van der Waals surface area contributed by atoms with E-state index < -0.39 is 0 Å². The highest BCUT2D eigenvalue weighted by molar-refractivity contribution is 5.76. The number of benzene rings is 1. The van der Waals surface area contributed by atoms with Gasteiger partial charge in [-0.1, -0.05) is 6.07 Å². The molecule has 1 unspecified atom stereocenters. The summed E-state index contributed by atoms with van der Waals surface area (Å²) in [4.78, 5) is 11.7. The summed E-state index contributed by atoms with van der Waals surface area (Å²) in [5, 5.41) is 2.87. The summed E-state index contributed by atoms with van der Waals surface area (Å²) in [6, 6.07) is 4.14. The van der Waals surface area contributed by atoms with Gasteiger partial charge < -0.3 is 15.8 Å². The fraction of sp³-hybridized carbons (Fsp3) is 0.533. The van der Waals surface area contributed by atoms with Crippen molar-refractivity contribution in [2.45, 2.75) is 39.7 Å². The van der Waals surface area contributed by atoms with Crippen molar-refractivity contribution < 1.29 is 9.53 Å². The highest BCUT2D eigenvalue weighted by Crippen LogP contribution is 2.23. The largest absolute Gasteiger partial charge is 0.496 e. The van der Waals surface area contributed by atoms with Crippen molar-refractivity contribution >= 4 is 5.91 Å². The van der Waals surface area contributed by atoms with Crippen LogP contribution < -0.4 is 15.8 Å². The number of carbonyl (C=O) groups excluding carboxylic acids is 1. The van der Waals surface area contributed by atoms with Crippen LogP contribution in [0.1, 0.15) is 30.0 Å². The zero-order valence-corrected chi connectivity index (χ0v) is 12.2. The van der Waals surface area contributed by atoms with Gasteiger partial charge in [0, 0.05) is 19.0 Å². The highest BCUT2D eigenvalue weighted by Gasteiger charge is 2.09. The Labute approximate surface area is 115 Å². The number of carbonyl (C=O) groups is 1. The highest BCUT2D eigenvalue weighted by atomic mass is 16.5. The molecular weight excluding hydrogens is 240 g/mol. The van der Waals surface area contributed by atoms with E-state index in [1.165, 1.54) is 5.56 Å². The Kier molecular flexibility index (Phi) is 5.83. The molecule has 1 rings (SSSR count). The van der Waals surface area contributed by atoms with Crippen LogP contribution in [0, 0.1) is 13.8 Å². The maximum atomic E-state index is 11.7. The molecule has 1 aromatic rings. The Morgan fingerprint density at radius 2 is 2.05 bits per heavy atom. The Bertz CT molecular complexity index is 444. The lowest BCUT2D eigenvalue weighted by Crippen LogP contribution is -2.37. The van der Waals surface area contributed by atoms with Gasteiger partial charge in [0.1, 0.15) is 5.75 Å². The number of hydrogen-bond donors (Lipinski definition) is 2. The molecule has 0 aliphatic heterocycles. The first-order valence-electron chi connectivity index (χ1n) is 6.61. The summed E-state index contributed by atoms with van der Waals surface area (Å²) >= 11 is 0. The number of aryl methyl sites for hydroxylation is 3. The first-order chi connectivity index (χ1) is 8.97. The molecular formula is C15H24N2O2. The maximum absolute atomic E-state index is 11.7. The summed E-state index contributed by atoms with van der Waals surface area (Å²) < 4.78 is 5.28. The molecule has 0 spiro atoms. The molecule has 3 N–H and O–H groups in total. The fourth-order valence-corrected chi connectivity index (χ4v) is 1.99. The molecule has 0 fully saturated rings. The van der Waals surface area contributed by atoms with Gasteiger partial charge in [0.25, 0.3) is 0 Å². The van der Waals surface area contributed by atoms with Crippen molar-refractivity contribution in [1.29, 1.82) is 0 Å². The number of rotatable bonds is 6. The molecule has 1 amide bonds. The van der Waals surface area contributed by atoms with Gasteiger partial charge in [0.05, 0.1) is 7.11 Å². The fourth-order valence-electron chi connectivity index (χ4n) is 1.99. The van der Waals surface area contributed by atoms with Crippen LogP contribution in [0.4, 0.5) is 0 Å². The average molecular weight is 264 g/mol. The van der Waals surface area contributed by atoms with Crippen LogP contribution in [0.5, 0.6) is 5.75 Å². The number of nitrogens with two attached hydrogens (primary N) is 1. The average Bonchev–Trinajstić information content (AvgIpc) is 2.39. The molecule has 1 atom stereocenters. The second-order valence-corrected chi connectivity index (χ2v) is 4.95. The van der Waals surface area contributed by atoms with Gasteiger partial charge in [-0.25, -0.2) is 0 Å². The number of nitrogens with one attached hydrogen (secondary N) is 1. The molecule has 0 aliphatic rings. The van der Waals surface area contributed by atoms with Crippen molar-refractivity contribution in [2.75, 3.05) is 13.7 Å². The van der Waals surface area contributed by atoms with E-state index in [1.807, 2.05) is 26.8 Å². The van der Waals surface area contributed by atoms with Crippen molar-refractivity contribution in [2.24, 2.45) is 5.73 Å². The third-order valence-corrected chi connectivity index (χ3v) is 3.24. The molecule has 1 aromatic carbocycles. The van der Waals surface area contributed by atoms with E-state index in [2.05, 4.69) is 11.4 Å². The third kappa shape index (κ3) is 4.56. The van der Waals surface area contributed by atoms with Gasteiger partial charge in [-0.05, 0) is 49.9 Å². The maximum Gasteiger partial charge on any atom is 0.220 e. The molecule has 0 saturated heterocycles. The van der Waals surface area contributed by atoms with Gasteiger partial charge in [-0.2, -0.15) is 0 Å². The van der Waals surface area contributed by atoms with E-state index >= 15 is 0 Å². The van der Waals surface area contributed by atoms with Crippen molar-refractivity contribution in [3.63, 3.8) is 0 Å².